The van der Waals surface area contributed by atoms with Crippen LogP contribution in [0.4, 0.5) is 5.69 Å². The third-order valence-electron chi connectivity index (χ3n) is 4.74. The van der Waals surface area contributed by atoms with Crippen LogP contribution in [0.25, 0.3) is 15.9 Å². The number of para-hydroxylation sites is 1. The zero-order valence-electron chi connectivity index (χ0n) is 16.0. The highest BCUT2D eigenvalue weighted by Crippen LogP contribution is 2.18. The van der Waals surface area contributed by atoms with Crippen molar-refractivity contribution in [1.82, 2.24) is 9.13 Å². The molecular weight excluding hydrogens is 386 g/mol. The SMILES string of the molecule is Cc1cccc(-n2c(=O)c3sccc3n(CC(=O)Nc3ccccc3C)c2=O)c1. The lowest BCUT2D eigenvalue weighted by Crippen LogP contribution is -2.40. The van der Waals surface area contributed by atoms with Crippen molar-refractivity contribution in [2.75, 3.05) is 5.32 Å². The number of aromatic nitrogens is 2. The normalized spacial score (nSPS) is 11.0. The molecule has 2 heterocycles. The Morgan fingerprint density at radius 2 is 1.83 bits per heavy atom. The predicted octanol–water partition coefficient (Wildman–Crippen LogP) is 3.47. The Balaban J connectivity index is 1.81. The molecule has 7 heteroatoms. The molecule has 0 atom stereocenters. The molecule has 0 aliphatic rings. The lowest BCUT2D eigenvalue weighted by Gasteiger charge is -2.13. The summed E-state index contributed by atoms with van der Waals surface area (Å²) in [7, 11) is 0. The second kappa shape index (κ2) is 7.52. The second-order valence-electron chi connectivity index (χ2n) is 6.85. The molecule has 2 aromatic carbocycles. The van der Waals surface area contributed by atoms with Crippen molar-refractivity contribution in [3.05, 3.63) is 91.9 Å². The number of hydrogen-bond acceptors (Lipinski definition) is 4. The maximum Gasteiger partial charge on any atom is 0.336 e. The summed E-state index contributed by atoms with van der Waals surface area (Å²) >= 11 is 1.26. The Hall–Kier alpha value is -3.45. The van der Waals surface area contributed by atoms with Gasteiger partial charge >= 0.3 is 5.69 Å². The van der Waals surface area contributed by atoms with Gasteiger partial charge in [0.1, 0.15) is 11.2 Å². The summed E-state index contributed by atoms with van der Waals surface area (Å²) in [5.74, 6) is -0.330. The molecule has 0 unspecified atom stereocenters. The number of aryl methyl sites for hydroxylation is 2. The van der Waals surface area contributed by atoms with Crippen LogP contribution in [0.2, 0.25) is 0 Å². The molecule has 4 aromatic rings. The van der Waals surface area contributed by atoms with Crippen molar-refractivity contribution in [2.45, 2.75) is 20.4 Å². The minimum absolute atomic E-state index is 0.188. The van der Waals surface area contributed by atoms with Gasteiger partial charge in [0.25, 0.3) is 5.56 Å². The summed E-state index contributed by atoms with van der Waals surface area (Å²) in [6.07, 6.45) is 0. The van der Waals surface area contributed by atoms with Crippen LogP contribution < -0.4 is 16.6 Å². The van der Waals surface area contributed by atoms with Crippen molar-refractivity contribution >= 4 is 33.1 Å². The average molecular weight is 405 g/mol. The quantitative estimate of drug-likeness (QED) is 0.565. The number of nitrogens with zero attached hydrogens (tertiary/aromatic N) is 2. The fourth-order valence-electron chi connectivity index (χ4n) is 3.28. The molecule has 2 aromatic heterocycles. The molecule has 0 aliphatic heterocycles. The molecule has 0 bridgehead atoms. The van der Waals surface area contributed by atoms with Crippen LogP contribution >= 0.6 is 11.3 Å². The highest BCUT2D eigenvalue weighted by molar-refractivity contribution is 7.17. The first-order valence-corrected chi connectivity index (χ1v) is 9.99. The third-order valence-corrected chi connectivity index (χ3v) is 5.63. The highest BCUT2D eigenvalue weighted by atomic mass is 32.1. The van der Waals surface area contributed by atoms with E-state index >= 15 is 0 Å². The standard InChI is InChI=1S/C22H19N3O3S/c1-14-6-5-8-16(12-14)25-21(27)20-18(10-11-29-20)24(22(25)28)13-19(26)23-17-9-4-3-7-15(17)2/h3-12H,13H2,1-2H3,(H,23,26). The van der Waals surface area contributed by atoms with Gasteiger partial charge in [0.15, 0.2) is 0 Å². The molecule has 4 rings (SSSR count). The highest BCUT2D eigenvalue weighted by Gasteiger charge is 2.18. The number of fused-ring (bicyclic) bond motifs is 1. The lowest BCUT2D eigenvalue weighted by molar-refractivity contribution is -0.116. The van der Waals surface area contributed by atoms with Gasteiger partial charge in [0, 0.05) is 5.69 Å². The molecular formula is C22H19N3O3S. The zero-order valence-corrected chi connectivity index (χ0v) is 16.8. The maximum atomic E-state index is 13.2. The largest absolute Gasteiger partial charge is 0.336 e. The van der Waals surface area contributed by atoms with E-state index in [0.717, 1.165) is 15.7 Å². The van der Waals surface area contributed by atoms with E-state index in [4.69, 9.17) is 0 Å². The van der Waals surface area contributed by atoms with Gasteiger partial charge in [-0.1, -0.05) is 30.3 Å². The Morgan fingerprint density at radius 1 is 1.03 bits per heavy atom. The molecule has 6 nitrogen and oxygen atoms in total. The minimum Gasteiger partial charge on any atom is -0.324 e. The average Bonchev–Trinajstić information content (AvgIpc) is 3.17. The first-order valence-electron chi connectivity index (χ1n) is 9.11. The second-order valence-corrected chi connectivity index (χ2v) is 7.76. The molecule has 0 radical (unpaired) electrons. The van der Waals surface area contributed by atoms with Crippen molar-refractivity contribution in [3.63, 3.8) is 0 Å². The van der Waals surface area contributed by atoms with Crippen LogP contribution in [0.3, 0.4) is 0 Å². The third kappa shape index (κ3) is 3.52. The summed E-state index contributed by atoms with van der Waals surface area (Å²) in [6, 6.07) is 16.3. The fraction of sp³-hybridized carbons (Fsp3) is 0.136. The van der Waals surface area contributed by atoms with Crippen molar-refractivity contribution in [3.8, 4) is 5.69 Å². The van der Waals surface area contributed by atoms with Gasteiger partial charge in [0.05, 0.1) is 11.2 Å². The van der Waals surface area contributed by atoms with Gasteiger partial charge in [-0.3, -0.25) is 14.2 Å². The van der Waals surface area contributed by atoms with Crippen molar-refractivity contribution in [2.24, 2.45) is 0 Å². The maximum absolute atomic E-state index is 13.2. The molecule has 1 amide bonds. The Labute approximate surface area is 170 Å². The number of nitrogens with one attached hydrogen (secondary N) is 1. The number of amides is 1. The van der Waals surface area contributed by atoms with Crippen LogP contribution in [0.5, 0.6) is 0 Å². The van der Waals surface area contributed by atoms with Gasteiger partial charge in [-0.15, -0.1) is 11.3 Å². The molecule has 146 valence electrons. The summed E-state index contributed by atoms with van der Waals surface area (Å²) in [5.41, 5.74) is 2.60. The van der Waals surface area contributed by atoms with Gasteiger partial charge in [-0.2, -0.15) is 0 Å². The van der Waals surface area contributed by atoms with E-state index in [1.54, 1.807) is 29.6 Å². The van der Waals surface area contributed by atoms with Gasteiger partial charge in [-0.25, -0.2) is 9.36 Å². The number of benzene rings is 2. The number of anilines is 1. The van der Waals surface area contributed by atoms with E-state index in [1.165, 1.54) is 15.9 Å². The van der Waals surface area contributed by atoms with E-state index < -0.39 is 5.69 Å². The van der Waals surface area contributed by atoms with E-state index in [1.807, 2.05) is 44.2 Å². The lowest BCUT2D eigenvalue weighted by atomic mass is 10.2. The fourth-order valence-corrected chi connectivity index (χ4v) is 4.11. The number of thiophene rings is 1. The van der Waals surface area contributed by atoms with Crippen molar-refractivity contribution < 1.29 is 4.79 Å². The van der Waals surface area contributed by atoms with E-state index in [0.29, 0.717) is 21.6 Å². The number of carbonyl (C=O) groups is 1. The molecule has 0 saturated heterocycles. The molecule has 0 fully saturated rings. The van der Waals surface area contributed by atoms with Gasteiger partial charge in [0.2, 0.25) is 5.91 Å². The monoisotopic (exact) mass is 405 g/mol. The van der Waals surface area contributed by atoms with Gasteiger partial charge < -0.3 is 5.32 Å². The number of carbonyl (C=O) groups excluding carboxylic acids is 1. The van der Waals surface area contributed by atoms with Crippen LogP contribution in [-0.4, -0.2) is 15.0 Å². The summed E-state index contributed by atoms with van der Waals surface area (Å²) in [4.78, 5) is 38.9. The van der Waals surface area contributed by atoms with Gasteiger partial charge in [-0.05, 0) is 54.6 Å². The minimum atomic E-state index is -0.536. The molecule has 29 heavy (non-hydrogen) atoms. The zero-order chi connectivity index (χ0) is 20.5. The van der Waals surface area contributed by atoms with Crippen LogP contribution in [0.1, 0.15) is 11.1 Å². The summed E-state index contributed by atoms with van der Waals surface area (Å²) in [5, 5.41) is 4.59. The molecule has 1 N–H and O–H groups in total. The molecule has 0 aliphatic carbocycles. The van der Waals surface area contributed by atoms with Crippen LogP contribution in [0.15, 0.2) is 69.6 Å². The predicted molar refractivity (Wildman–Crippen MR) is 116 cm³/mol. The Kier molecular flexibility index (Phi) is 4.90. The smallest absolute Gasteiger partial charge is 0.324 e. The summed E-state index contributed by atoms with van der Waals surface area (Å²) in [6.45, 7) is 3.61. The Bertz CT molecular complexity index is 1350. The first-order chi connectivity index (χ1) is 14.0. The van der Waals surface area contributed by atoms with E-state index in [9.17, 15) is 14.4 Å². The van der Waals surface area contributed by atoms with Crippen LogP contribution in [0, 0.1) is 13.8 Å². The topological polar surface area (TPSA) is 73.1 Å². The number of hydrogen-bond donors (Lipinski definition) is 1. The van der Waals surface area contributed by atoms with E-state index in [-0.39, 0.29) is 18.0 Å². The van der Waals surface area contributed by atoms with E-state index in [2.05, 4.69) is 5.32 Å². The molecule has 0 spiro atoms. The Morgan fingerprint density at radius 3 is 2.59 bits per heavy atom. The number of rotatable bonds is 4. The van der Waals surface area contributed by atoms with Crippen molar-refractivity contribution in [1.29, 1.82) is 0 Å². The first kappa shape index (κ1) is 18.9. The van der Waals surface area contributed by atoms with Crippen LogP contribution in [-0.2, 0) is 11.3 Å². The molecule has 0 saturated carbocycles. The summed E-state index contributed by atoms with van der Waals surface area (Å²) < 4.78 is 2.92.